The zero-order valence-corrected chi connectivity index (χ0v) is 19.9. The van der Waals surface area contributed by atoms with Crippen molar-refractivity contribution in [3.8, 4) is 5.75 Å². The van der Waals surface area contributed by atoms with Gasteiger partial charge < -0.3 is 20.3 Å². The first kappa shape index (κ1) is 24.3. The SMILES string of the molecule is CC(C)Oc1ccccc1N1CCN([C@H]2CC[C@H](NC(=O)Nc3c(F)cccc3F)CC2)CC1. The molecule has 8 heteroatoms. The Bertz CT molecular complexity index is 951. The molecule has 0 atom stereocenters. The van der Waals surface area contributed by atoms with Crippen LogP contribution in [0.3, 0.4) is 0 Å². The summed E-state index contributed by atoms with van der Waals surface area (Å²) in [6.07, 6.45) is 3.82. The van der Waals surface area contributed by atoms with Gasteiger partial charge in [-0.2, -0.15) is 0 Å². The van der Waals surface area contributed by atoms with E-state index in [-0.39, 0.29) is 12.1 Å². The zero-order valence-electron chi connectivity index (χ0n) is 19.9. The normalized spacial score (nSPS) is 21.4. The Labute approximate surface area is 200 Å². The maximum Gasteiger partial charge on any atom is 0.319 e. The number of hydrogen-bond acceptors (Lipinski definition) is 4. The van der Waals surface area contributed by atoms with Gasteiger partial charge in [0.05, 0.1) is 11.8 Å². The van der Waals surface area contributed by atoms with Crippen molar-refractivity contribution in [2.45, 2.75) is 57.7 Å². The fourth-order valence-electron chi connectivity index (χ4n) is 4.94. The third-order valence-electron chi connectivity index (χ3n) is 6.63. The molecular formula is C26H34F2N4O2. The number of piperazine rings is 1. The van der Waals surface area contributed by atoms with E-state index in [9.17, 15) is 13.6 Å². The van der Waals surface area contributed by atoms with Crippen molar-refractivity contribution in [1.82, 2.24) is 10.2 Å². The lowest BCUT2D eigenvalue weighted by molar-refractivity contribution is 0.137. The topological polar surface area (TPSA) is 56.8 Å². The van der Waals surface area contributed by atoms with Crippen molar-refractivity contribution in [3.05, 3.63) is 54.1 Å². The van der Waals surface area contributed by atoms with Crippen molar-refractivity contribution >= 4 is 17.4 Å². The van der Waals surface area contributed by atoms with Crippen molar-refractivity contribution < 1.29 is 18.3 Å². The van der Waals surface area contributed by atoms with Crippen molar-refractivity contribution in [2.75, 3.05) is 36.4 Å². The molecule has 34 heavy (non-hydrogen) atoms. The van der Waals surface area contributed by atoms with Gasteiger partial charge in [0, 0.05) is 38.3 Å². The number of rotatable bonds is 6. The maximum atomic E-state index is 13.8. The summed E-state index contributed by atoms with van der Waals surface area (Å²) >= 11 is 0. The molecule has 2 N–H and O–H groups in total. The van der Waals surface area contributed by atoms with E-state index in [1.54, 1.807) is 0 Å². The van der Waals surface area contributed by atoms with E-state index >= 15 is 0 Å². The number of para-hydroxylation sites is 3. The van der Waals surface area contributed by atoms with E-state index < -0.39 is 23.4 Å². The second-order valence-electron chi connectivity index (χ2n) is 9.36. The highest BCUT2D eigenvalue weighted by molar-refractivity contribution is 5.89. The standard InChI is InChI=1S/C26H34F2N4O2/c1-18(2)34-24-9-4-3-8-23(24)32-16-14-31(15-17-32)20-12-10-19(11-13-20)29-26(33)30-25-21(27)6-5-7-22(25)28/h3-9,18-20H,10-17H2,1-2H3,(H2,29,30,33)/t19-,20-. The van der Waals surface area contributed by atoms with Crippen LogP contribution in [0.25, 0.3) is 0 Å². The van der Waals surface area contributed by atoms with Gasteiger partial charge in [0.25, 0.3) is 0 Å². The molecule has 6 nitrogen and oxygen atoms in total. The minimum absolute atomic E-state index is 0.00688. The Morgan fingerprint density at radius 2 is 1.59 bits per heavy atom. The van der Waals surface area contributed by atoms with Crippen LogP contribution in [0.15, 0.2) is 42.5 Å². The number of nitrogens with zero attached hydrogens (tertiary/aromatic N) is 2. The van der Waals surface area contributed by atoms with Gasteiger partial charge in [0.1, 0.15) is 23.1 Å². The van der Waals surface area contributed by atoms with E-state index in [1.165, 1.54) is 6.07 Å². The second-order valence-corrected chi connectivity index (χ2v) is 9.36. The molecular weight excluding hydrogens is 438 g/mol. The first-order chi connectivity index (χ1) is 16.4. The lowest BCUT2D eigenvalue weighted by Gasteiger charge is -2.43. The first-order valence-electron chi connectivity index (χ1n) is 12.2. The highest BCUT2D eigenvalue weighted by Gasteiger charge is 2.29. The molecule has 2 aliphatic rings. The summed E-state index contributed by atoms with van der Waals surface area (Å²) in [6, 6.07) is 11.7. The molecule has 0 radical (unpaired) electrons. The van der Waals surface area contributed by atoms with Gasteiger partial charge in [0.2, 0.25) is 0 Å². The second kappa shape index (κ2) is 11.0. The van der Waals surface area contributed by atoms with E-state index in [1.807, 2.05) is 26.0 Å². The molecule has 2 aromatic rings. The lowest BCUT2D eigenvalue weighted by Crippen LogP contribution is -2.52. The first-order valence-corrected chi connectivity index (χ1v) is 12.2. The number of anilines is 2. The number of nitrogens with one attached hydrogen (secondary N) is 2. The quantitative estimate of drug-likeness (QED) is 0.621. The van der Waals surface area contributed by atoms with Crippen LogP contribution in [0.4, 0.5) is 25.0 Å². The molecule has 1 heterocycles. The minimum Gasteiger partial charge on any atom is -0.489 e. The highest BCUT2D eigenvalue weighted by atomic mass is 19.1. The molecule has 2 amide bonds. The van der Waals surface area contributed by atoms with Crippen LogP contribution in [0.1, 0.15) is 39.5 Å². The van der Waals surface area contributed by atoms with Crippen LogP contribution in [0.5, 0.6) is 5.75 Å². The number of carbonyl (C=O) groups is 1. The van der Waals surface area contributed by atoms with Gasteiger partial charge >= 0.3 is 6.03 Å². The Morgan fingerprint density at radius 1 is 0.941 bits per heavy atom. The van der Waals surface area contributed by atoms with Crippen LogP contribution in [0.2, 0.25) is 0 Å². The molecule has 1 saturated heterocycles. The average Bonchev–Trinajstić information content (AvgIpc) is 2.82. The summed E-state index contributed by atoms with van der Waals surface area (Å²) in [5.74, 6) is -0.626. The van der Waals surface area contributed by atoms with Gasteiger partial charge in [-0.3, -0.25) is 4.90 Å². The monoisotopic (exact) mass is 472 g/mol. The minimum atomic E-state index is -0.781. The smallest absolute Gasteiger partial charge is 0.319 e. The van der Waals surface area contributed by atoms with E-state index in [2.05, 4.69) is 32.6 Å². The number of urea groups is 1. The fraction of sp³-hybridized carbons (Fsp3) is 0.500. The van der Waals surface area contributed by atoms with Crippen molar-refractivity contribution in [2.24, 2.45) is 0 Å². The van der Waals surface area contributed by atoms with Crippen LogP contribution >= 0.6 is 0 Å². The molecule has 0 aromatic heterocycles. The molecule has 1 aliphatic heterocycles. The van der Waals surface area contributed by atoms with Crippen LogP contribution in [-0.4, -0.2) is 55.3 Å². The number of carbonyl (C=O) groups excluding carboxylic acids is 1. The molecule has 0 unspecified atom stereocenters. The Morgan fingerprint density at radius 3 is 2.24 bits per heavy atom. The van der Waals surface area contributed by atoms with Gasteiger partial charge in [-0.25, -0.2) is 13.6 Å². The summed E-state index contributed by atoms with van der Waals surface area (Å²) in [5.41, 5.74) is 0.744. The molecule has 0 spiro atoms. The molecule has 184 valence electrons. The number of hydrogen-bond donors (Lipinski definition) is 2. The highest BCUT2D eigenvalue weighted by Crippen LogP contribution is 2.31. The Balaban J connectivity index is 1.23. The van der Waals surface area contributed by atoms with Crippen LogP contribution in [-0.2, 0) is 0 Å². The fourth-order valence-corrected chi connectivity index (χ4v) is 4.94. The number of amides is 2. The summed E-state index contributed by atoms with van der Waals surface area (Å²) in [6.45, 7) is 7.97. The van der Waals surface area contributed by atoms with Crippen molar-refractivity contribution in [3.63, 3.8) is 0 Å². The third-order valence-corrected chi connectivity index (χ3v) is 6.63. The lowest BCUT2D eigenvalue weighted by atomic mass is 9.90. The van der Waals surface area contributed by atoms with Crippen LogP contribution < -0.4 is 20.3 Å². The van der Waals surface area contributed by atoms with Crippen LogP contribution in [0, 0.1) is 11.6 Å². The molecule has 0 bridgehead atoms. The largest absolute Gasteiger partial charge is 0.489 e. The van der Waals surface area contributed by atoms with Gasteiger partial charge in [-0.1, -0.05) is 18.2 Å². The van der Waals surface area contributed by atoms with E-state index in [0.29, 0.717) is 6.04 Å². The summed E-state index contributed by atoms with van der Waals surface area (Å²) in [7, 11) is 0. The Kier molecular flexibility index (Phi) is 7.88. The molecule has 1 aliphatic carbocycles. The number of ether oxygens (including phenoxy) is 1. The molecule has 4 rings (SSSR count). The maximum absolute atomic E-state index is 13.8. The Hall–Kier alpha value is -2.87. The average molecular weight is 473 g/mol. The zero-order chi connectivity index (χ0) is 24.1. The number of benzene rings is 2. The predicted molar refractivity (Wildman–Crippen MR) is 131 cm³/mol. The molecule has 2 aromatic carbocycles. The molecule has 1 saturated carbocycles. The molecule has 2 fully saturated rings. The van der Waals surface area contributed by atoms with Gasteiger partial charge in [-0.05, 0) is 63.8 Å². The predicted octanol–water partition coefficient (Wildman–Crippen LogP) is 5.01. The van der Waals surface area contributed by atoms with E-state index in [4.69, 9.17) is 4.74 Å². The van der Waals surface area contributed by atoms with Gasteiger partial charge in [0.15, 0.2) is 0 Å². The summed E-state index contributed by atoms with van der Waals surface area (Å²) in [4.78, 5) is 17.2. The van der Waals surface area contributed by atoms with Gasteiger partial charge in [-0.15, -0.1) is 0 Å². The van der Waals surface area contributed by atoms with E-state index in [0.717, 1.165) is 75.4 Å². The van der Waals surface area contributed by atoms with Crippen molar-refractivity contribution in [1.29, 1.82) is 0 Å². The summed E-state index contributed by atoms with van der Waals surface area (Å²) in [5, 5.41) is 5.18. The third kappa shape index (κ3) is 5.97. The summed E-state index contributed by atoms with van der Waals surface area (Å²) < 4.78 is 33.5. The number of halogens is 2.